The summed E-state index contributed by atoms with van der Waals surface area (Å²) in [4.78, 5) is 0. The fourth-order valence-electron chi connectivity index (χ4n) is 0.811. The smallest absolute Gasteiger partial charge is 0.118 e. The Morgan fingerprint density at radius 1 is 1.46 bits per heavy atom. The molecule has 0 aromatic carbocycles. The van der Waals surface area contributed by atoms with Crippen LogP contribution in [0.4, 0.5) is 0 Å². The molecule has 0 spiro atoms. The Bertz CT molecular complexity index is 204. The number of hydrogen-bond donors (Lipinski definition) is 1. The first-order valence-electron chi connectivity index (χ1n) is 3.94. The Labute approximate surface area is 79.0 Å². The van der Waals surface area contributed by atoms with E-state index >= 15 is 0 Å². The molecule has 13 heavy (non-hydrogen) atoms. The molecule has 74 valence electrons. The number of rotatable bonds is 6. The fourth-order valence-corrected chi connectivity index (χ4v) is 0.811. The van der Waals surface area contributed by atoms with Crippen LogP contribution in [0.15, 0.2) is 36.1 Å². The predicted octanol–water partition coefficient (Wildman–Crippen LogP) is 1.27. The van der Waals surface area contributed by atoms with E-state index in [1.165, 1.54) is 0 Å². The lowest BCUT2D eigenvalue weighted by atomic mass is 10.2. The van der Waals surface area contributed by atoms with Crippen LogP contribution in [0.3, 0.4) is 0 Å². The summed E-state index contributed by atoms with van der Waals surface area (Å²) in [6.07, 6.45) is 5.06. The summed E-state index contributed by atoms with van der Waals surface area (Å²) >= 11 is 0. The molecule has 1 N–H and O–H groups in total. The highest BCUT2D eigenvalue weighted by molar-refractivity contribution is 5.22. The highest BCUT2D eigenvalue weighted by Crippen LogP contribution is 2.03. The van der Waals surface area contributed by atoms with E-state index in [1.807, 2.05) is 0 Å². The summed E-state index contributed by atoms with van der Waals surface area (Å²) in [5.41, 5.74) is 0.762. The molecule has 0 aliphatic carbocycles. The summed E-state index contributed by atoms with van der Waals surface area (Å²) in [7, 11) is 3.14. The lowest BCUT2D eigenvalue weighted by molar-refractivity contribution is 0.206. The molecule has 0 unspecified atom stereocenters. The first-order valence-corrected chi connectivity index (χ1v) is 3.94. The van der Waals surface area contributed by atoms with Crippen molar-refractivity contribution in [2.75, 3.05) is 27.4 Å². The van der Waals surface area contributed by atoms with E-state index in [2.05, 4.69) is 6.58 Å². The minimum absolute atomic E-state index is 0.0360. The van der Waals surface area contributed by atoms with Gasteiger partial charge in [-0.05, 0) is 17.7 Å². The van der Waals surface area contributed by atoms with Gasteiger partial charge >= 0.3 is 0 Å². The summed E-state index contributed by atoms with van der Waals surface area (Å²) < 4.78 is 9.90. The SMILES string of the molecule is C=CC=C(C=C(CO)COC)OC. The Morgan fingerprint density at radius 3 is 2.54 bits per heavy atom. The maximum Gasteiger partial charge on any atom is 0.118 e. The van der Waals surface area contributed by atoms with Gasteiger partial charge < -0.3 is 14.6 Å². The molecule has 0 aromatic rings. The van der Waals surface area contributed by atoms with Gasteiger partial charge in [0, 0.05) is 7.11 Å². The second-order valence-electron chi connectivity index (χ2n) is 2.40. The molecule has 0 radical (unpaired) electrons. The van der Waals surface area contributed by atoms with E-state index < -0.39 is 0 Å². The lowest BCUT2D eigenvalue weighted by Gasteiger charge is -2.04. The van der Waals surface area contributed by atoms with Crippen LogP contribution in [-0.4, -0.2) is 32.5 Å². The van der Waals surface area contributed by atoms with Gasteiger partial charge in [-0.2, -0.15) is 0 Å². The van der Waals surface area contributed by atoms with Crippen molar-refractivity contribution in [3.8, 4) is 0 Å². The second kappa shape index (κ2) is 7.58. The molecule has 0 aromatic heterocycles. The molecule has 0 saturated heterocycles. The van der Waals surface area contributed by atoms with Crippen LogP contribution in [0.2, 0.25) is 0 Å². The maximum absolute atomic E-state index is 8.91. The molecule has 0 heterocycles. The first kappa shape index (κ1) is 11.9. The van der Waals surface area contributed by atoms with Gasteiger partial charge in [-0.25, -0.2) is 0 Å². The van der Waals surface area contributed by atoms with Crippen molar-refractivity contribution in [2.24, 2.45) is 0 Å². The molecule has 0 aliphatic heterocycles. The van der Waals surface area contributed by atoms with E-state index in [-0.39, 0.29) is 6.61 Å². The summed E-state index contributed by atoms with van der Waals surface area (Å²) in [5, 5.41) is 8.91. The number of aliphatic hydroxyl groups excluding tert-OH is 1. The van der Waals surface area contributed by atoms with Gasteiger partial charge in [-0.15, -0.1) is 0 Å². The minimum atomic E-state index is -0.0360. The average Bonchev–Trinajstić information content (AvgIpc) is 2.16. The third kappa shape index (κ3) is 5.22. The van der Waals surface area contributed by atoms with Crippen LogP contribution < -0.4 is 0 Å². The van der Waals surface area contributed by atoms with Gasteiger partial charge in [-0.3, -0.25) is 0 Å². The monoisotopic (exact) mass is 184 g/mol. The lowest BCUT2D eigenvalue weighted by Crippen LogP contribution is -2.00. The Balaban J connectivity index is 4.43. The number of methoxy groups -OCH3 is 2. The van der Waals surface area contributed by atoms with Crippen LogP contribution in [-0.2, 0) is 9.47 Å². The Kier molecular flexibility index (Phi) is 6.96. The van der Waals surface area contributed by atoms with Crippen LogP contribution in [0.5, 0.6) is 0 Å². The summed E-state index contributed by atoms with van der Waals surface area (Å²) in [6, 6.07) is 0. The van der Waals surface area contributed by atoms with Crippen molar-refractivity contribution < 1.29 is 14.6 Å². The van der Waals surface area contributed by atoms with E-state index in [4.69, 9.17) is 14.6 Å². The van der Waals surface area contributed by atoms with Crippen molar-refractivity contribution in [3.05, 3.63) is 36.1 Å². The van der Waals surface area contributed by atoms with Gasteiger partial charge in [-0.1, -0.05) is 12.7 Å². The van der Waals surface area contributed by atoms with Gasteiger partial charge in [0.1, 0.15) is 5.76 Å². The Hall–Kier alpha value is -1.06. The highest BCUT2D eigenvalue weighted by atomic mass is 16.5. The summed E-state index contributed by atoms with van der Waals surface area (Å²) in [5.74, 6) is 0.649. The second-order valence-corrected chi connectivity index (χ2v) is 2.40. The van der Waals surface area contributed by atoms with Crippen LogP contribution in [0.25, 0.3) is 0 Å². The van der Waals surface area contributed by atoms with Gasteiger partial charge in [0.15, 0.2) is 0 Å². The van der Waals surface area contributed by atoms with Gasteiger partial charge in [0.25, 0.3) is 0 Å². The molecule has 0 aliphatic rings. The zero-order valence-electron chi connectivity index (χ0n) is 8.12. The largest absolute Gasteiger partial charge is 0.497 e. The number of hydrogen-bond acceptors (Lipinski definition) is 3. The van der Waals surface area contributed by atoms with Crippen molar-refractivity contribution in [2.45, 2.75) is 0 Å². The molecular formula is C10H16O3. The fraction of sp³-hybridized carbons (Fsp3) is 0.400. The van der Waals surface area contributed by atoms with Crippen molar-refractivity contribution in [3.63, 3.8) is 0 Å². The number of allylic oxidation sites excluding steroid dienone is 3. The highest BCUT2D eigenvalue weighted by Gasteiger charge is 1.96. The van der Waals surface area contributed by atoms with Crippen molar-refractivity contribution in [1.29, 1.82) is 0 Å². The standard InChI is InChI=1S/C10H16O3/c1-4-5-10(13-3)6-9(7-11)8-12-2/h4-6,11H,1,7-8H2,2-3H3. The number of ether oxygens (including phenoxy) is 2. The molecule has 3 nitrogen and oxygen atoms in total. The predicted molar refractivity (Wildman–Crippen MR) is 52.3 cm³/mol. The molecule has 0 fully saturated rings. The maximum atomic E-state index is 8.91. The molecule has 0 saturated carbocycles. The number of aliphatic hydroxyl groups is 1. The molecule has 0 amide bonds. The first-order chi connectivity index (χ1) is 6.28. The van der Waals surface area contributed by atoms with E-state index in [1.54, 1.807) is 32.4 Å². The zero-order chi connectivity index (χ0) is 10.1. The third-order valence-corrected chi connectivity index (χ3v) is 1.40. The normalized spacial score (nSPS) is 12.8. The van der Waals surface area contributed by atoms with Gasteiger partial charge in [0.2, 0.25) is 0 Å². The molecule has 0 atom stereocenters. The molecule has 0 bridgehead atoms. The molecule has 0 rings (SSSR count). The topological polar surface area (TPSA) is 38.7 Å². The van der Waals surface area contributed by atoms with Crippen LogP contribution >= 0.6 is 0 Å². The quantitative estimate of drug-likeness (QED) is 0.499. The minimum Gasteiger partial charge on any atom is -0.497 e. The van der Waals surface area contributed by atoms with Gasteiger partial charge in [0.05, 0.1) is 20.3 Å². The van der Waals surface area contributed by atoms with E-state index in [0.717, 1.165) is 5.57 Å². The van der Waals surface area contributed by atoms with E-state index in [0.29, 0.717) is 12.4 Å². The van der Waals surface area contributed by atoms with Crippen LogP contribution in [0.1, 0.15) is 0 Å². The van der Waals surface area contributed by atoms with E-state index in [9.17, 15) is 0 Å². The zero-order valence-corrected chi connectivity index (χ0v) is 8.12. The van der Waals surface area contributed by atoms with Crippen molar-refractivity contribution in [1.82, 2.24) is 0 Å². The van der Waals surface area contributed by atoms with Crippen LogP contribution in [0, 0.1) is 0 Å². The molecular weight excluding hydrogens is 168 g/mol. The third-order valence-electron chi connectivity index (χ3n) is 1.40. The van der Waals surface area contributed by atoms with Crippen molar-refractivity contribution >= 4 is 0 Å². The Morgan fingerprint density at radius 2 is 2.15 bits per heavy atom. The average molecular weight is 184 g/mol. The summed E-state index contributed by atoms with van der Waals surface area (Å²) in [6.45, 7) is 3.91. The molecule has 3 heteroatoms.